The van der Waals surface area contributed by atoms with Crippen LogP contribution in [0.25, 0.3) is 11.0 Å². The Morgan fingerprint density at radius 2 is 1.92 bits per heavy atom. The van der Waals surface area contributed by atoms with Crippen molar-refractivity contribution in [2.75, 3.05) is 18.9 Å². The molecule has 194 valence electrons. The number of carbonyl (C=O) groups excluding carboxylic acids is 2. The van der Waals surface area contributed by atoms with Crippen molar-refractivity contribution < 1.29 is 32.0 Å². The zero-order valence-electron chi connectivity index (χ0n) is 20.3. The molecule has 0 saturated carbocycles. The van der Waals surface area contributed by atoms with Crippen LogP contribution in [0, 0.1) is 0 Å². The number of amides is 1. The number of fused-ring (bicyclic) bond motifs is 1. The van der Waals surface area contributed by atoms with Crippen LogP contribution < -0.4 is 14.8 Å². The minimum Gasteiger partial charge on any atom is -0.496 e. The first-order chi connectivity index (χ1) is 17.7. The number of aromatic nitrogens is 3. The van der Waals surface area contributed by atoms with Gasteiger partial charge in [0.25, 0.3) is 10.0 Å². The number of nitrogens with one attached hydrogen (secondary N) is 2. The fourth-order valence-corrected chi connectivity index (χ4v) is 4.87. The number of esters is 1. The lowest BCUT2D eigenvalue weighted by Crippen LogP contribution is -2.21. The molecular weight excluding hydrogens is 502 g/mol. The molecule has 13 heteroatoms. The van der Waals surface area contributed by atoms with Crippen LogP contribution in [0.3, 0.4) is 0 Å². The Labute approximate surface area is 212 Å². The highest BCUT2D eigenvalue weighted by Crippen LogP contribution is 2.35. The summed E-state index contributed by atoms with van der Waals surface area (Å²) in [5.41, 5.74) is 1.78. The molecule has 2 heterocycles. The Hall–Kier alpha value is -4.39. The highest BCUT2D eigenvalue weighted by atomic mass is 32.2. The molecule has 0 aliphatic rings. The van der Waals surface area contributed by atoms with Gasteiger partial charge < -0.3 is 19.3 Å². The van der Waals surface area contributed by atoms with Gasteiger partial charge in [-0.1, -0.05) is 24.2 Å². The van der Waals surface area contributed by atoms with E-state index in [2.05, 4.69) is 20.3 Å². The van der Waals surface area contributed by atoms with Crippen molar-refractivity contribution in [3.8, 4) is 5.75 Å². The first kappa shape index (κ1) is 25.7. The van der Waals surface area contributed by atoms with Crippen LogP contribution in [0.15, 0.2) is 58.2 Å². The normalized spacial score (nSPS) is 11.3. The fourth-order valence-electron chi connectivity index (χ4n) is 3.67. The monoisotopic (exact) mass is 527 g/mol. The number of benzene rings is 2. The highest BCUT2D eigenvalue weighted by molar-refractivity contribution is 7.92. The Bertz CT molecular complexity index is 1560. The van der Waals surface area contributed by atoms with Crippen molar-refractivity contribution in [3.63, 3.8) is 0 Å². The van der Waals surface area contributed by atoms with Crippen LogP contribution >= 0.6 is 0 Å². The first-order valence-corrected chi connectivity index (χ1v) is 12.7. The predicted octanol–water partition coefficient (Wildman–Crippen LogP) is 2.69. The van der Waals surface area contributed by atoms with E-state index in [0.717, 1.165) is 11.1 Å². The number of nitrogens with zero attached hydrogens (tertiary/aromatic N) is 3. The lowest BCUT2D eigenvalue weighted by Gasteiger charge is -2.11. The molecule has 0 aliphatic heterocycles. The van der Waals surface area contributed by atoms with E-state index in [0.29, 0.717) is 30.6 Å². The van der Waals surface area contributed by atoms with E-state index in [9.17, 15) is 18.0 Å². The van der Waals surface area contributed by atoms with Gasteiger partial charge in [0.15, 0.2) is 11.4 Å². The van der Waals surface area contributed by atoms with Gasteiger partial charge in [-0.15, -0.1) is 0 Å². The summed E-state index contributed by atoms with van der Waals surface area (Å²) >= 11 is 0. The topological polar surface area (TPSA) is 155 Å². The Balaban J connectivity index is 1.60. The molecule has 0 spiro atoms. The van der Waals surface area contributed by atoms with E-state index in [1.165, 1.54) is 38.5 Å². The van der Waals surface area contributed by atoms with Crippen molar-refractivity contribution in [1.29, 1.82) is 0 Å². The number of hydrogen-bond acceptors (Lipinski definition) is 9. The van der Waals surface area contributed by atoms with Crippen molar-refractivity contribution in [2.45, 2.75) is 31.3 Å². The summed E-state index contributed by atoms with van der Waals surface area (Å²) in [6.45, 7) is 2.52. The van der Waals surface area contributed by atoms with Crippen LogP contribution in [0.1, 0.15) is 34.8 Å². The average Bonchev–Trinajstić information content (AvgIpc) is 3.52. The zero-order valence-corrected chi connectivity index (χ0v) is 21.2. The second-order valence-corrected chi connectivity index (χ2v) is 9.62. The van der Waals surface area contributed by atoms with Crippen molar-refractivity contribution in [2.24, 2.45) is 0 Å². The summed E-state index contributed by atoms with van der Waals surface area (Å²) in [5, 5.41) is 11.3. The van der Waals surface area contributed by atoms with Gasteiger partial charge in [0, 0.05) is 24.7 Å². The van der Waals surface area contributed by atoms with E-state index in [-0.39, 0.29) is 27.8 Å². The molecule has 0 fully saturated rings. The summed E-state index contributed by atoms with van der Waals surface area (Å²) in [5.74, 6) is -0.599. The number of anilines is 1. The minimum atomic E-state index is -4.23. The molecule has 0 saturated heterocycles. The van der Waals surface area contributed by atoms with Gasteiger partial charge in [-0.2, -0.15) is 5.10 Å². The summed E-state index contributed by atoms with van der Waals surface area (Å²) in [4.78, 5) is 23.3. The van der Waals surface area contributed by atoms with Gasteiger partial charge in [0.1, 0.15) is 16.0 Å². The molecule has 4 rings (SSSR count). The lowest BCUT2D eigenvalue weighted by molar-refractivity contribution is -0.120. The first-order valence-electron chi connectivity index (χ1n) is 11.2. The summed E-state index contributed by atoms with van der Waals surface area (Å²) < 4.78 is 45.9. The SMILES string of the molecule is CCC(=O)NCc1cnn(Cc2cc(OC)c3c(NS(=O)(=O)c4ccccc4C(=O)OC)noc3c2)c1. The van der Waals surface area contributed by atoms with E-state index in [4.69, 9.17) is 14.0 Å². The molecule has 0 radical (unpaired) electrons. The van der Waals surface area contributed by atoms with Crippen LogP contribution in [0.4, 0.5) is 5.82 Å². The maximum absolute atomic E-state index is 13.1. The Kier molecular flexibility index (Phi) is 7.43. The molecule has 0 aliphatic carbocycles. The highest BCUT2D eigenvalue weighted by Gasteiger charge is 2.26. The number of ether oxygens (including phenoxy) is 2. The maximum atomic E-state index is 13.1. The number of carbonyl (C=O) groups is 2. The smallest absolute Gasteiger partial charge is 0.339 e. The maximum Gasteiger partial charge on any atom is 0.339 e. The Morgan fingerprint density at radius 1 is 1.14 bits per heavy atom. The molecule has 0 bridgehead atoms. The molecule has 0 unspecified atom stereocenters. The summed E-state index contributed by atoms with van der Waals surface area (Å²) in [7, 11) is -1.62. The molecule has 2 aromatic carbocycles. The van der Waals surface area contributed by atoms with E-state index in [1.54, 1.807) is 29.9 Å². The van der Waals surface area contributed by atoms with Crippen LogP contribution in [0.5, 0.6) is 5.75 Å². The average molecular weight is 528 g/mol. The van der Waals surface area contributed by atoms with Crippen LogP contribution in [0.2, 0.25) is 0 Å². The number of sulfonamides is 1. The molecule has 1 amide bonds. The minimum absolute atomic E-state index is 0.0477. The van der Waals surface area contributed by atoms with Crippen molar-refractivity contribution >= 4 is 38.7 Å². The largest absolute Gasteiger partial charge is 0.496 e. The standard InChI is InChI=1S/C24H25N5O7S/c1-4-21(30)25-11-16-12-26-29(14-16)13-15-9-18(34-2)22-19(10-15)36-27-23(22)28-37(32,33)20-8-6-5-7-17(20)24(31)35-3/h5-10,12,14H,4,11,13H2,1-3H3,(H,25,30)(H,27,28). The number of methoxy groups -OCH3 is 2. The van der Waals surface area contributed by atoms with Gasteiger partial charge in [0.2, 0.25) is 5.91 Å². The second-order valence-electron chi connectivity index (χ2n) is 7.97. The van der Waals surface area contributed by atoms with E-state index in [1.807, 2.05) is 6.20 Å². The van der Waals surface area contributed by atoms with Gasteiger partial charge in [-0.3, -0.25) is 14.2 Å². The molecule has 2 aromatic heterocycles. The van der Waals surface area contributed by atoms with Gasteiger partial charge in [-0.05, 0) is 29.8 Å². The summed E-state index contributed by atoms with van der Waals surface area (Å²) in [6.07, 6.45) is 3.88. The molecular formula is C24H25N5O7S. The molecule has 37 heavy (non-hydrogen) atoms. The third-order valence-electron chi connectivity index (χ3n) is 5.47. The fraction of sp³-hybridized carbons (Fsp3) is 0.250. The summed E-state index contributed by atoms with van der Waals surface area (Å²) in [6, 6.07) is 9.09. The molecule has 12 nitrogen and oxygen atoms in total. The van der Waals surface area contributed by atoms with E-state index < -0.39 is 16.0 Å². The Morgan fingerprint density at radius 3 is 2.65 bits per heavy atom. The van der Waals surface area contributed by atoms with Crippen molar-refractivity contribution in [1.82, 2.24) is 20.3 Å². The quantitative estimate of drug-likeness (QED) is 0.296. The lowest BCUT2D eigenvalue weighted by atomic mass is 10.1. The number of rotatable bonds is 10. The molecule has 4 aromatic rings. The predicted molar refractivity (Wildman–Crippen MR) is 133 cm³/mol. The molecule has 0 atom stereocenters. The second kappa shape index (κ2) is 10.7. The van der Waals surface area contributed by atoms with Gasteiger partial charge in [0.05, 0.1) is 32.5 Å². The van der Waals surface area contributed by atoms with Gasteiger partial charge in [-0.25, -0.2) is 13.2 Å². The third kappa shape index (κ3) is 5.56. The third-order valence-corrected chi connectivity index (χ3v) is 6.87. The number of hydrogen-bond donors (Lipinski definition) is 2. The molecule has 2 N–H and O–H groups in total. The van der Waals surface area contributed by atoms with E-state index >= 15 is 0 Å². The van der Waals surface area contributed by atoms with Crippen LogP contribution in [-0.2, 0) is 32.6 Å². The van der Waals surface area contributed by atoms with Gasteiger partial charge >= 0.3 is 5.97 Å². The zero-order chi connectivity index (χ0) is 26.6. The van der Waals surface area contributed by atoms with Crippen LogP contribution in [-0.4, -0.2) is 49.5 Å². The van der Waals surface area contributed by atoms with Crippen molar-refractivity contribution in [3.05, 3.63) is 65.5 Å².